The highest BCUT2D eigenvalue weighted by Crippen LogP contribution is 2.30. The Morgan fingerprint density at radius 1 is 0.969 bits per heavy atom. The lowest BCUT2D eigenvalue weighted by molar-refractivity contribution is 0.534. The van der Waals surface area contributed by atoms with E-state index in [1.165, 1.54) is 5.56 Å². The van der Waals surface area contributed by atoms with Crippen LogP contribution in [0.4, 0.5) is 0 Å². The lowest BCUT2D eigenvalue weighted by Gasteiger charge is -2.09. The Balaban J connectivity index is 1.39. The molecule has 0 unspecified atom stereocenters. The lowest BCUT2D eigenvalue weighted by Crippen LogP contribution is -2.04. The Morgan fingerprint density at radius 2 is 1.78 bits per heavy atom. The predicted octanol–water partition coefficient (Wildman–Crippen LogP) is 6.50. The van der Waals surface area contributed by atoms with Gasteiger partial charge in [0.15, 0.2) is 11.0 Å². The Labute approximate surface area is 194 Å². The van der Waals surface area contributed by atoms with Crippen LogP contribution in [0.25, 0.3) is 22.8 Å². The van der Waals surface area contributed by atoms with E-state index in [1.54, 1.807) is 24.3 Å². The summed E-state index contributed by atoms with van der Waals surface area (Å²) in [6, 6.07) is 19.6. The lowest BCUT2D eigenvalue weighted by atomic mass is 10.2. The molecule has 0 bridgehead atoms. The van der Waals surface area contributed by atoms with Crippen molar-refractivity contribution in [3.63, 3.8) is 0 Å². The molecule has 0 saturated carbocycles. The first-order valence-corrected chi connectivity index (χ1v) is 11.4. The molecule has 0 aliphatic carbocycles. The van der Waals surface area contributed by atoms with Crippen LogP contribution < -0.4 is 0 Å². The number of benzene rings is 2. The van der Waals surface area contributed by atoms with Crippen molar-refractivity contribution in [1.82, 2.24) is 19.7 Å². The first-order valence-electron chi connectivity index (χ1n) is 10.0. The maximum Gasteiger partial charge on any atom is 0.226 e. The summed E-state index contributed by atoms with van der Waals surface area (Å²) in [6.07, 6.45) is 3.35. The van der Waals surface area contributed by atoms with Gasteiger partial charge in [-0.15, -0.1) is 10.2 Å². The van der Waals surface area contributed by atoms with Gasteiger partial charge >= 0.3 is 0 Å². The van der Waals surface area contributed by atoms with Gasteiger partial charge in [-0.2, -0.15) is 0 Å². The van der Waals surface area contributed by atoms with Crippen molar-refractivity contribution >= 4 is 23.4 Å². The second kappa shape index (κ2) is 9.06. The molecule has 32 heavy (non-hydrogen) atoms. The van der Waals surface area contributed by atoms with E-state index in [-0.39, 0.29) is 0 Å². The van der Waals surface area contributed by atoms with Crippen molar-refractivity contribution in [1.29, 1.82) is 0 Å². The second-order valence-corrected chi connectivity index (χ2v) is 8.59. The van der Waals surface area contributed by atoms with E-state index in [2.05, 4.69) is 31.9 Å². The Hall–Kier alpha value is -3.29. The molecule has 0 aliphatic heterocycles. The van der Waals surface area contributed by atoms with E-state index in [9.17, 15) is 0 Å². The summed E-state index contributed by atoms with van der Waals surface area (Å²) in [4.78, 5) is 4.61. The zero-order valence-electron chi connectivity index (χ0n) is 17.2. The molecule has 5 aromatic rings. The second-order valence-electron chi connectivity index (χ2n) is 7.21. The van der Waals surface area contributed by atoms with Gasteiger partial charge in [-0.1, -0.05) is 53.7 Å². The zero-order valence-corrected chi connectivity index (χ0v) is 18.8. The predicted molar refractivity (Wildman–Crippen MR) is 125 cm³/mol. The van der Waals surface area contributed by atoms with Crippen LogP contribution in [0.15, 0.2) is 87.2 Å². The molecule has 0 aliphatic rings. The van der Waals surface area contributed by atoms with Gasteiger partial charge in [0, 0.05) is 16.3 Å². The third kappa shape index (κ3) is 4.35. The highest BCUT2D eigenvalue weighted by atomic mass is 35.5. The van der Waals surface area contributed by atoms with Gasteiger partial charge < -0.3 is 8.83 Å². The number of aromatic nitrogens is 4. The maximum atomic E-state index is 5.97. The number of rotatable bonds is 7. The summed E-state index contributed by atoms with van der Waals surface area (Å²) < 4.78 is 13.3. The average molecular weight is 463 g/mol. The number of halogens is 1. The number of furan rings is 1. The number of hydrogen-bond donors (Lipinski definition) is 0. The van der Waals surface area contributed by atoms with Crippen molar-refractivity contribution in [2.45, 2.75) is 24.4 Å². The summed E-state index contributed by atoms with van der Waals surface area (Å²) in [5, 5.41) is 10.4. The average Bonchev–Trinajstić information content (AvgIpc) is 3.54. The van der Waals surface area contributed by atoms with Gasteiger partial charge in [-0.25, -0.2) is 4.98 Å². The molecule has 0 saturated heterocycles. The third-order valence-corrected chi connectivity index (χ3v) is 6.24. The highest BCUT2D eigenvalue weighted by molar-refractivity contribution is 7.98. The molecule has 0 amide bonds. The molecule has 6 nitrogen and oxygen atoms in total. The van der Waals surface area contributed by atoms with E-state index in [0.29, 0.717) is 23.2 Å². The number of oxazole rings is 1. The normalized spacial score (nSPS) is 11.2. The molecule has 0 radical (unpaired) electrons. The van der Waals surface area contributed by atoms with Crippen molar-refractivity contribution < 1.29 is 8.83 Å². The zero-order chi connectivity index (χ0) is 21.9. The smallest absolute Gasteiger partial charge is 0.226 e. The van der Waals surface area contributed by atoms with Crippen LogP contribution in [-0.2, 0) is 12.3 Å². The van der Waals surface area contributed by atoms with Crippen molar-refractivity contribution in [3.05, 3.63) is 95.2 Å². The minimum atomic E-state index is 0.567. The van der Waals surface area contributed by atoms with Crippen molar-refractivity contribution in [3.8, 4) is 22.8 Å². The minimum absolute atomic E-state index is 0.567. The quantitative estimate of drug-likeness (QED) is 0.257. The molecular formula is C24H19ClN4O2S. The first-order chi connectivity index (χ1) is 15.7. The van der Waals surface area contributed by atoms with Crippen LogP contribution in [0.3, 0.4) is 0 Å². The van der Waals surface area contributed by atoms with Crippen LogP contribution in [0.2, 0.25) is 5.02 Å². The molecule has 2 aromatic carbocycles. The van der Waals surface area contributed by atoms with Crippen LogP contribution in [-0.4, -0.2) is 19.7 Å². The molecule has 5 rings (SSSR count). The van der Waals surface area contributed by atoms with Gasteiger partial charge in [0.25, 0.3) is 0 Å². The number of aryl methyl sites for hydroxylation is 1. The molecule has 0 N–H and O–H groups in total. The van der Waals surface area contributed by atoms with Gasteiger partial charge in [0.2, 0.25) is 5.89 Å². The topological polar surface area (TPSA) is 69.9 Å². The molecule has 0 fully saturated rings. The SMILES string of the molecule is Cc1occc1-c1nnc(SCc2coc(-c3ccc(Cl)cc3)n2)n1Cc1ccccc1. The van der Waals surface area contributed by atoms with E-state index >= 15 is 0 Å². The van der Waals surface area contributed by atoms with Crippen molar-refractivity contribution in [2.24, 2.45) is 0 Å². The van der Waals surface area contributed by atoms with Crippen molar-refractivity contribution in [2.75, 3.05) is 0 Å². The maximum absolute atomic E-state index is 5.97. The van der Waals surface area contributed by atoms with Crippen LogP contribution in [0, 0.1) is 6.92 Å². The molecular weight excluding hydrogens is 444 g/mol. The van der Waals surface area contributed by atoms with Crippen LogP contribution >= 0.6 is 23.4 Å². The summed E-state index contributed by atoms with van der Waals surface area (Å²) >= 11 is 7.54. The molecule has 160 valence electrons. The number of thioether (sulfide) groups is 1. The molecule has 3 heterocycles. The van der Waals surface area contributed by atoms with Gasteiger partial charge in [0.05, 0.1) is 24.1 Å². The van der Waals surface area contributed by atoms with E-state index < -0.39 is 0 Å². The van der Waals surface area contributed by atoms with E-state index in [4.69, 9.17) is 20.4 Å². The van der Waals surface area contributed by atoms with E-state index in [0.717, 1.165) is 33.6 Å². The fraction of sp³-hybridized carbons (Fsp3) is 0.125. The van der Waals surface area contributed by atoms with Gasteiger partial charge in [0.1, 0.15) is 12.0 Å². The summed E-state index contributed by atoms with van der Waals surface area (Å²) in [6.45, 7) is 2.59. The van der Waals surface area contributed by atoms with Crippen LogP contribution in [0.5, 0.6) is 0 Å². The summed E-state index contributed by atoms with van der Waals surface area (Å²) in [5.74, 6) is 2.77. The van der Waals surface area contributed by atoms with E-state index in [1.807, 2.05) is 55.5 Å². The molecule has 8 heteroatoms. The Bertz CT molecular complexity index is 1330. The van der Waals surface area contributed by atoms with Crippen LogP contribution in [0.1, 0.15) is 17.0 Å². The van der Waals surface area contributed by atoms with Gasteiger partial charge in [-0.3, -0.25) is 4.57 Å². The summed E-state index contributed by atoms with van der Waals surface area (Å²) in [5.41, 5.74) is 3.82. The summed E-state index contributed by atoms with van der Waals surface area (Å²) in [7, 11) is 0. The molecule has 3 aromatic heterocycles. The minimum Gasteiger partial charge on any atom is -0.469 e. The fourth-order valence-corrected chi connectivity index (χ4v) is 4.30. The molecule has 0 atom stereocenters. The molecule has 0 spiro atoms. The Kier molecular flexibility index (Phi) is 5.83. The van der Waals surface area contributed by atoms with Gasteiger partial charge in [-0.05, 0) is 42.8 Å². The first kappa shape index (κ1) is 20.6. The monoisotopic (exact) mass is 462 g/mol. The number of hydrogen-bond acceptors (Lipinski definition) is 6. The number of nitrogens with zero attached hydrogens (tertiary/aromatic N) is 4. The highest BCUT2D eigenvalue weighted by Gasteiger charge is 2.18. The third-order valence-electron chi connectivity index (χ3n) is 4.99. The fourth-order valence-electron chi connectivity index (χ4n) is 3.36. The largest absolute Gasteiger partial charge is 0.469 e. The standard InChI is InChI=1S/C24H19ClN4O2S/c1-16-21(11-12-30-16)22-27-28-24(29(22)13-17-5-3-2-4-6-17)32-15-20-14-31-23(26-20)18-7-9-19(25)10-8-18/h2-12,14H,13,15H2,1H3. The Morgan fingerprint density at radius 3 is 2.53 bits per heavy atom.